The number of hydrogen-bond donors (Lipinski definition) is 1. The van der Waals surface area contributed by atoms with Crippen LogP contribution in [0.1, 0.15) is 32.3 Å². The van der Waals surface area contributed by atoms with Gasteiger partial charge in [0.1, 0.15) is 5.82 Å². The third kappa shape index (κ3) is 2.22. The molecule has 2 aliphatic rings. The molecule has 0 saturated carbocycles. The summed E-state index contributed by atoms with van der Waals surface area (Å²) in [5.41, 5.74) is 1.76. The van der Waals surface area contributed by atoms with Gasteiger partial charge in [-0.25, -0.2) is 4.39 Å². The monoisotopic (exact) mass is 276 g/mol. The van der Waals surface area contributed by atoms with Crippen molar-refractivity contribution in [1.82, 2.24) is 5.32 Å². The van der Waals surface area contributed by atoms with Crippen LogP contribution < -0.4 is 10.2 Å². The van der Waals surface area contributed by atoms with Gasteiger partial charge in [-0.1, -0.05) is 19.9 Å². The van der Waals surface area contributed by atoms with Crippen molar-refractivity contribution in [2.75, 3.05) is 18.0 Å². The Morgan fingerprint density at radius 1 is 1.45 bits per heavy atom. The molecule has 108 valence electrons. The number of carbonyl (C=O) groups excluding carboxylic acids is 1. The molecule has 0 radical (unpaired) electrons. The first-order valence-corrected chi connectivity index (χ1v) is 7.32. The van der Waals surface area contributed by atoms with Crippen LogP contribution in [-0.2, 0) is 11.2 Å². The normalized spacial score (nSPS) is 24.6. The highest BCUT2D eigenvalue weighted by atomic mass is 19.1. The number of nitrogens with one attached hydrogen (secondary N) is 1. The first-order valence-electron chi connectivity index (χ1n) is 7.32. The Morgan fingerprint density at radius 2 is 2.25 bits per heavy atom. The van der Waals surface area contributed by atoms with Crippen LogP contribution in [-0.4, -0.2) is 25.0 Å². The number of carbonyl (C=O) groups is 1. The lowest BCUT2D eigenvalue weighted by Gasteiger charge is -2.40. The molecular formula is C16H21FN2O. The van der Waals surface area contributed by atoms with Gasteiger partial charge in [0.2, 0.25) is 5.91 Å². The van der Waals surface area contributed by atoms with Gasteiger partial charge in [0.25, 0.3) is 0 Å². The van der Waals surface area contributed by atoms with Gasteiger partial charge in [0.15, 0.2) is 0 Å². The highest BCUT2D eigenvalue weighted by Gasteiger charge is 2.40. The zero-order valence-electron chi connectivity index (χ0n) is 12.1. The number of piperidine rings is 1. The summed E-state index contributed by atoms with van der Waals surface area (Å²) in [7, 11) is 0. The van der Waals surface area contributed by atoms with Crippen LogP contribution in [0.4, 0.5) is 10.1 Å². The first-order chi connectivity index (χ1) is 9.49. The van der Waals surface area contributed by atoms with E-state index in [1.54, 1.807) is 11.0 Å². The largest absolute Gasteiger partial charge is 0.310 e. The molecule has 1 atom stereocenters. The topological polar surface area (TPSA) is 32.3 Å². The van der Waals surface area contributed by atoms with Gasteiger partial charge >= 0.3 is 0 Å². The lowest BCUT2D eigenvalue weighted by Crippen LogP contribution is -2.56. The van der Waals surface area contributed by atoms with Gasteiger partial charge in [-0.05, 0) is 48.9 Å². The molecule has 1 N–H and O–H groups in total. The Kier molecular flexibility index (Phi) is 3.28. The minimum atomic E-state index is -0.278. The van der Waals surface area contributed by atoms with Crippen molar-refractivity contribution in [2.45, 2.75) is 39.2 Å². The lowest BCUT2D eigenvalue weighted by atomic mass is 9.77. The third-order valence-electron chi connectivity index (χ3n) is 4.58. The van der Waals surface area contributed by atoms with Crippen LogP contribution in [0, 0.1) is 11.2 Å². The second-order valence-electron chi connectivity index (χ2n) is 6.49. The standard InChI is InChI=1S/C16H21FN2O/c1-16(2)7-3-8-18-14(16)15(20)19-9-6-11-4-5-12(17)10-13(11)19/h4-5,10,14,18H,3,6-9H2,1-2H3. The molecule has 1 saturated heterocycles. The number of fused-ring (bicyclic) bond motifs is 1. The molecule has 3 nitrogen and oxygen atoms in total. The Bertz CT molecular complexity index is 541. The number of anilines is 1. The Morgan fingerprint density at radius 3 is 3.00 bits per heavy atom. The minimum Gasteiger partial charge on any atom is -0.310 e. The summed E-state index contributed by atoms with van der Waals surface area (Å²) < 4.78 is 13.4. The predicted molar refractivity (Wildman–Crippen MR) is 77.3 cm³/mol. The van der Waals surface area contributed by atoms with Gasteiger partial charge in [-0.15, -0.1) is 0 Å². The van der Waals surface area contributed by atoms with E-state index in [1.165, 1.54) is 12.1 Å². The number of amides is 1. The number of nitrogens with zero attached hydrogens (tertiary/aromatic N) is 1. The molecule has 0 aromatic heterocycles. The molecule has 1 unspecified atom stereocenters. The maximum absolute atomic E-state index is 13.4. The molecule has 2 heterocycles. The zero-order valence-corrected chi connectivity index (χ0v) is 12.1. The molecule has 1 aromatic carbocycles. The smallest absolute Gasteiger partial charge is 0.244 e. The van der Waals surface area contributed by atoms with Crippen molar-refractivity contribution in [3.8, 4) is 0 Å². The van der Waals surface area contributed by atoms with Crippen LogP contribution >= 0.6 is 0 Å². The summed E-state index contributed by atoms with van der Waals surface area (Å²) in [6.07, 6.45) is 2.96. The van der Waals surface area contributed by atoms with Crippen molar-refractivity contribution >= 4 is 11.6 Å². The summed E-state index contributed by atoms with van der Waals surface area (Å²) >= 11 is 0. The molecule has 20 heavy (non-hydrogen) atoms. The number of hydrogen-bond acceptors (Lipinski definition) is 2. The van der Waals surface area contributed by atoms with E-state index in [9.17, 15) is 9.18 Å². The SMILES string of the molecule is CC1(C)CCCNC1C(=O)N1CCc2ccc(F)cc21. The second kappa shape index (κ2) is 4.85. The molecule has 1 amide bonds. The van der Waals surface area contributed by atoms with Crippen LogP contribution in [0.15, 0.2) is 18.2 Å². The van der Waals surface area contributed by atoms with E-state index >= 15 is 0 Å². The van der Waals surface area contributed by atoms with E-state index in [0.29, 0.717) is 6.54 Å². The van der Waals surface area contributed by atoms with Gasteiger partial charge < -0.3 is 10.2 Å². The molecule has 0 bridgehead atoms. The minimum absolute atomic E-state index is 0.0502. The highest BCUT2D eigenvalue weighted by molar-refractivity contribution is 5.99. The summed E-state index contributed by atoms with van der Waals surface area (Å²) in [5.74, 6) is -0.196. The third-order valence-corrected chi connectivity index (χ3v) is 4.58. The van der Waals surface area contributed by atoms with Gasteiger partial charge in [-0.2, -0.15) is 0 Å². The van der Waals surface area contributed by atoms with E-state index < -0.39 is 0 Å². The van der Waals surface area contributed by atoms with Crippen molar-refractivity contribution in [3.05, 3.63) is 29.6 Å². The predicted octanol–water partition coefficient (Wildman–Crippen LogP) is 2.49. The van der Waals surface area contributed by atoms with E-state index in [4.69, 9.17) is 0 Å². The molecule has 0 spiro atoms. The molecular weight excluding hydrogens is 255 g/mol. The molecule has 4 heteroatoms. The van der Waals surface area contributed by atoms with Crippen LogP contribution in [0.25, 0.3) is 0 Å². The average Bonchev–Trinajstić information content (AvgIpc) is 2.80. The van der Waals surface area contributed by atoms with Crippen molar-refractivity contribution in [1.29, 1.82) is 0 Å². The number of rotatable bonds is 1. The molecule has 2 aliphatic heterocycles. The highest BCUT2D eigenvalue weighted by Crippen LogP contribution is 2.35. The maximum atomic E-state index is 13.4. The summed E-state index contributed by atoms with van der Waals surface area (Å²) in [6.45, 7) is 5.80. The van der Waals surface area contributed by atoms with Crippen LogP contribution in [0.5, 0.6) is 0 Å². The van der Waals surface area contributed by atoms with Crippen molar-refractivity contribution < 1.29 is 9.18 Å². The van der Waals surface area contributed by atoms with E-state index in [1.807, 2.05) is 0 Å². The fraction of sp³-hybridized carbons (Fsp3) is 0.562. The first kappa shape index (κ1) is 13.6. The summed E-state index contributed by atoms with van der Waals surface area (Å²) in [6, 6.07) is 4.56. The number of halogens is 1. The Labute approximate surface area is 119 Å². The Balaban J connectivity index is 1.88. The fourth-order valence-electron chi connectivity index (χ4n) is 3.37. The quantitative estimate of drug-likeness (QED) is 0.854. The van der Waals surface area contributed by atoms with Gasteiger partial charge in [0.05, 0.1) is 6.04 Å². The van der Waals surface area contributed by atoms with E-state index in [-0.39, 0.29) is 23.2 Å². The number of benzene rings is 1. The second-order valence-corrected chi connectivity index (χ2v) is 6.49. The van der Waals surface area contributed by atoms with E-state index in [2.05, 4.69) is 19.2 Å². The summed E-state index contributed by atoms with van der Waals surface area (Å²) in [5, 5.41) is 3.35. The zero-order chi connectivity index (χ0) is 14.3. The van der Waals surface area contributed by atoms with E-state index in [0.717, 1.165) is 37.1 Å². The summed E-state index contributed by atoms with van der Waals surface area (Å²) in [4.78, 5) is 14.6. The molecule has 3 rings (SSSR count). The van der Waals surface area contributed by atoms with Crippen molar-refractivity contribution in [3.63, 3.8) is 0 Å². The maximum Gasteiger partial charge on any atom is 0.244 e. The van der Waals surface area contributed by atoms with Gasteiger partial charge in [-0.3, -0.25) is 4.79 Å². The Hall–Kier alpha value is -1.42. The van der Waals surface area contributed by atoms with Crippen LogP contribution in [0.3, 0.4) is 0 Å². The van der Waals surface area contributed by atoms with Crippen molar-refractivity contribution in [2.24, 2.45) is 5.41 Å². The average molecular weight is 276 g/mol. The molecule has 1 fully saturated rings. The molecule has 0 aliphatic carbocycles. The van der Waals surface area contributed by atoms with Gasteiger partial charge in [0, 0.05) is 12.2 Å². The van der Waals surface area contributed by atoms with Crippen LogP contribution in [0.2, 0.25) is 0 Å². The lowest BCUT2D eigenvalue weighted by molar-refractivity contribution is -0.124. The molecule has 1 aromatic rings. The fourth-order valence-corrected chi connectivity index (χ4v) is 3.37.